The molecule has 2 aromatic rings. The molecule has 1 nitrogen and oxygen atoms in total. The largest absolute Gasteiger partial charge is 0.359 e. The second-order valence-corrected chi connectivity index (χ2v) is 5.17. The summed E-state index contributed by atoms with van der Waals surface area (Å²) in [5, 5.41) is 0.710. The van der Waals surface area contributed by atoms with Crippen LogP contribution in [0.15, 0.2) is 18.3 Å². The minimum Gasteiger partial charge on any atom is -0.359 e. The van der Waals surface area contributed by atoms with Crippen LogP contribution in [-0.4, -0.2) is 4.98 Å². The van der Waals surface area contributed by atoms with Crippen molar-refractivity contribution < 1.29 is 8.78 Å². The SMILES string of the molecule is CC1CCC(c2c[nH]c3c(F)cc(F)cc23)C1. The number of nitrogens with one attached hydrogen (secondary N) is 1. The summed E-state index contributed by atoms with van der Waals surface area (Å²) in [7, 11) is 0. The van der Waals surface area contributed by atoms with E-state index in [-0.39, 0.29) is 0 Å². The molecule has 0 spiro atoms. The van der Waals surface area contributed by atoms with Crippen molar-refractivity contribution in [3.8, 4) is 0 Å². The van der Waals surface area contributed by atoms with Crippen LogP contribution in [0, 0.1) is 17.6 Å². The molecule has 2 unspecified atom stereocenters. The molecular formula is C14H15F2N. The van der Waals surface area contributed by atoms with Gasteiger partial charge in [0.05, 0.1) is 5.52 Å². The molecule has 1 saturated carbocycles. The number of fused-ring (bicyclic) bond motifs is 1. The monoisotopic (exact) mass is 235 g/mol. The van der Waals surface area contributed by atoms with Crippen molar-refractivity contribution in [2.75, 3.05) is 0 Å². The average Bonchev–Trinajstić information content (AvgIpc) is 2.83. The highest BCUT2D eigenvalue weighted by atomic mass is 19.1. The van der Waals surface area contributed by atoms with Crippen molar-refractivity contribution in [3.05, 3.63) is 35.5 Å². The summed E-state index contributed by atoms with van der Waals surface area (Å²) in [4.78, 5) is 2.93. The number of hydrogen-bond acceptors (Lipinski definition) is 0. The third-order valence-electron chi connectivity index (χ3n) is 3.87. The molecule has 1 aliphatic carbocycles. The fraction of sp³-hybridized carbons (Fsp3) is 0.429. The van der Waals surface area contributed by atoms with E-state index in [0.29, 0.717) is 22.7 Å². The summed E-state index contributed by atoms with van der Waals surface area (Å²) in [6, 6.07) is 2.37. The van der Waals surface area contributed by atoms with Gasteiger partial charge >= 0.3 is 0 Å². The Bertz CT molecular complexity index is 559. The Balaban J connectivity index is 2.11. The molecule has 3 heteroatoms. The van der Waals surface area contributed by atoms with Crippen LogP contribution in [0.3, 0.4) is 0 Å². The van der Waals surface area contributed by atoms with Crippen LogP contribution in [0.5, 0.6) is 0 Å². The van der Waals surface area contributed by atoms with Crippen molar-refractivity contribution in [2.24, 2.45) is 5.92 Å². The van der Waals surface area contributed by atoms with Gasteiger partial charge in [0.1, 0.15) is 11.6 Å². The Morgan fingerprint density at radius 1 is 1.24 bits per heavy atom. The van der Waals surface area contributed by atoms with Gasteiger partial charge in [-0.25, -0.2) is 8.78 Å². The molecule has 3 rings (SSSR count). The van der Waals surface area contributed by atoms with Crippen LogP contribution in [-0.2, 0) is 0 Å². The van der Waals surface area contributed by atoms with E-state index in [2.05, 4.69) is 11.9 Å². The molecule has 1 N–H and O–H groups in total. The van der Waals surface area contributed by atoms with E-state index >= 15 is 0 Å². The summed E-state index contributed by atoms with van der Waals surface area (Å²) in [6.07, 6.45) is 5.28. The smallest absolute Gasteiger partial charge is 0.150 e. The van der Waals surface area contributed by atoms with E-state index < -0.39 is 11.6 Å². The van der Waals surface area contributed by atoms with Crippen molar-refractivity contribution in [2.45, 2.75) is 32.1 Å². The number of aromatic amines is 1. The first kappa shape index (κ1) is 10.8. The molecule has 2 atom stereocenters. The van der Waals surface area contributed by atoms with Gasteiger partial charge in [-0.05, 0) is 36.3 Å². The molecule has 1 aliphatic rings. The molecular weight excluding hydrogens is 220 g/mol. The van der Waals surface area contributed by atoms with E-state index in [0.717, 1.165) is 24.5 Å². The lowest BCUT2D eigenvalue weighted by molar-refractivity contribution is 0.590. The lowest BCUT2D eigenvalue weighted by atomic mass is 9.96. The molecule has 17 heavy (non-hydrogen) atoms. The predicted octanol–water partition coefficient (Wildman–Crippen LogP) is 4.35. The van der Waals surface area contributed by atoms with E-state index in [9.17, 15) is 8.78 Å². The Morgan fingerprint density at radius 2 is 2.06 bits per heavy atom. The molecule has 1 aromatic carbocycles. The van der Waals surface area contributed by atoms with Gasteiger partial charge in [-0.1, -0.05) is 13.3 Å². The lowest BCUT2D eigenvalue weighted by Gasteiger charge is -2.08. The number of H-pyrrole nitrogens is 1. The van der Waals surface area contributed by atoms with Crippen LogP contribution < -0.4 is 0 Å². The van der Waals surface area contributed by atoms with Crippen LogP contribution in [0.25, 0.3) is 10.9 Å². The van der Waals surface area contributed by atoms with E-state index in [1.165, 1.54) is 12.5 Å². The zero-order chi connectivity index (χ0) is 12.0. The van der Waals surface area contributed by atoms with E-state index in [4.69, 9.17) is 0 Å². The molecule has 1 aromatic heterocycles. The average molecular weight is 235 g/mol. The van der Waals surface area contributed by atoms with Crippen LogP contribution in [0.1, 0.15) is 37.7 Å². The maximum atomic E-state index is 13.6. The van der Waals surface area contributed by atoms with Crippen LogP contribution in [0.4, 0.5) is 8.78 Å². The molecule has 0 amide bonds. The van der Waals surface area contributed by atoms with Gasteiger partial charge in [0.2, 0.25) is 0 Å². The zero-order valence-corrected chi connectivity index (χ0v) is 9.76. The second-order valence-electron chi connectivity index (χ2n) is 5.17. The highest BCUT2D eigenvalue weighted by molar-refractivity contribution is 5.84. The summed E-state index contributed by atoms with van der Waals surface area (Å²) in [5.74, 6) is 0.155. The van der Waals surface area contributed by atoms with Gasteiger partial charge in [0.15, 0.2) is 0 Å². The predicted molar refractivity (Wildman–Crippen MR) is 64.0 cm³/mol. The first-order valence-corrected chi connectivity index (χ1v) is 6.11. The maximum Gasteiger partial charge on any atom is 0.150 e. The van der Waals surface area contributed by atoms with Crippen molar-refractivity contribution in [3.63, 3.8) is 0 Å². The second kappa shape index (κ2) is 3.83. The normalized spacial score (nSPS) is 24.6. The third kappa shape index (κ3) is 1.74. The van der Waals surface area contributed by atoms with Gasteiger partial charge in [0.25, 0.3) is 0 Å². The first-order chi connectivity index (χ1) is 8.15. The minimum absolute atomic E-state index is 0.431. The van der Waals surface area contributed by atoms with Gasteiger partial charge in [-0.2, -0.15) is 0 Å². The quantitative estimate of drug-likeness (QED) is 0.756. The topological polar surface area (TPSA) is 15.8 Å². The Hall–Kier alpha value is -1.38. The number of hydrogen-bond donors (Lipinski definition) is 1. The zero-order valence-electron chi connectivity index (χ0n) is 9.76. The molecule has 90 valence electrons. The fourth-order valence-electron chi connectivity index (χ4n) is 3.00. The molecule has 0 radical (unpaired) electrons. The van der Waals surface area contributed by atoms with E-state index in [1.807, 2.05) is 6.20 Å². The molecule has 1 fully saturated rings. The van der Waals surface area contributed by atoms with Gasteiger partial charge in [0, 0.05) is 17.6 Å². The van der Waals surface area contributed by atoms with Crippen molar-refractivity contribution >= 4 is 10.9 Å². The summed E-state index contributed by atoms with van der Waals surface area (Å²) in [5.41, 5.74) is 1.50. The maximum absolute atomic E-state index is 13.6. The molecule has 0 saturated heterocycles. The Labute approximate surface area is 98.8 Å². The van der Waals surface area contributed by atoms with Gasteiger partial charge < -0.3 is 4.98 Å². The number of benzene rings is 1. The standard InChI is InChI=1S/C14H15F2N/c1-8-2-3-9(4-8)12-7-17-14-11(12)5-10(15)6-13(14)16/h5-9,17H,2-4H2,1H3. The van der Waals surface area contributed by atoms with Crippen molar-refractivity contribution in [1.82, 2.24) is 4.98 Å². The number of halogens is 2. The van der Waals surface area contributed by atoms with Crippen LogP contribution in [0.2, 0.25) is 0 Å². The fourth-order valence-corrected chi connectivity index (χ4v) is 3.00. The van der Waals surface area contributed by atoms with Gasteiger partial charge in [-0.15, -0.1) is 0 Å². The third-order valence-corrected chi connectivity index (χ3v) is 3.87. The number of aromatic nitrogens is 1. The molecule has 0 aliphatic heterocycles. The summed E-state index contributed by atoms with van der Waals surface area (Å²) >= 11 is 0. The molecule has 0 bridgehead atoms. The highest BCUT2D eigenvalue weighted by Gasteiger charge is 2.25. The number of rotatable bonds is 1. The van der Waals surface area contributed by atoms with Crippen molar-refractivity contribution in [1.29, 1.82) is 0 Å². The lowest BCUT2D eigenvalue weighted by Crippen LogP contribution is -1.92. The Kier molecular flexibility index (Phi) is 2.42. The molecule has 1 heterocycles. The first-order valence-electron chi connectivity index (χ1n) is 6.11. The van der Waals surface area contributed by atoms with Crippen LogP contribution >= 0.6 is 0 Å². The highest BCUT2D eigenvalue weighted by Crippen LogP contribution is 2.41. The van der Waals surface area contributed by atoms with E-state index in [1.54, 1.807) is 0 Å². The summed E-state index contributed by atoms with van der Waals surface area (Å²) < 4.78 is 26.8. The van der Waals surface area contributed by atoms with Gasteiger partial charge in [-0.3, -0.25) is 0 Å². The Morgan fingerprint density at radius 3 is 2.76 bits per heavy atom. The minimum atomic E-state index is -0.503. The summed E-state index contributed by atoms with van der Waals surface area (Å²) in [6.45, 7) is 2.23.